The lowest BCUT2D eigenvalue weighted by Crippen LogP contribution is -2.22. The molecular formula is C19H22ClNO3. The fourth-order valence-corrected chi connectivity index (χ4v) is 3.09. The molecule has 1 aromatic carbocycles. The van der Waals surface area contributed by atoms with Crippen molar-refractivity contribution in [1.82, 2.24) is 4.57 Å². The molecule has 0 aliphatic heterocycles. The molecule has 5 heteroatoms. The van der Waals surface area contributed by atoms with E-state index in [-0.39, 0.29) is 5.56 Å². The van der Waals surface area contributed by atoms with Gasteiger partial charge in [0.25, 0.3) is 0 Å². The molecule has 0 aliphatic carbocycles. The van der Waals surface area contributed by atoms with E-state index in [2.05, 4.69) is 6.92 Å². The third kappa shape index (κ3) is 4.06. The van der Waals surface area contributed by atoms with Crippen molar-refractivity contribution < 1.29 is 9.90 Å². The van der Waals surface area contributed by atoms with Crippen LogP contribution < -0.4 is 5.43 Å². The molecule has 1 N–H and O–H groups in total. The summed E-state index contributed by atoms with van der Waals surface area (Å²) in [5, 5.41) is 10.1. The highest BCUT2D eigenvalue weighted by molar-refractivity contribution is 6.30. The topological polar surface area (TPSA) is 59.3 Å². The first-order chi connectivity index (χ1) is 11.5. The van der Waals surface area contributed by atoms with Gasteiger partial charge in [0.05, 0.1) is 5.69 Å². The largest absolute Gasteiger partial charge is 0.477 e. The number of pyridine rings is 1. The summed E-state index contributed by atoms with van der Waals surface area (Å²) in [5.74, 6) is -1.21. The Balaban J connectivity index is 2.62. The minimum absolute atomic E-state index is 0.196. The Morgan fingerprint density at radius 2 is 1.96 bits per heavy atom. The van der Waals surface area contributed by atoms with Crippen molar-refractivity contribution in [2.24, 2.45) is 0 Å². The summed E-state index contributed by atoms with van der Waals surface area (Å²) in [6, 6.07) is 8.37. The van der Waals surface area contributed by atoms with Gasteiger partial charge in [-0.3, -0.25) is 4.79 Å². The number of carboxylic acids is 1. The molecule has 24 heavy (non-hydrogen) atoms. The zero-order valence-corrected chi connectivity index (χ0v) is 14.8. The second-order valence-electron chi connectivity index (χ2n) is 5.90. The van der Waals surface area contributed by atoms with Crippen LogP contribution in [0.25, 0.3) is 11.3 Å². The standard InChI is InChI=1S/C19H22ClNO3/c1-3-4-5-6-10-21-13(2)11-16(22)17(19(23)24)18(21)14-8-7-9-15(20)12-14/h7-9,11-12H,3-6,10H2,1-2H3,(H,23,24). The van der Waals surface area contributed by atoms with Gasteiger partial charge in [-0.1, -0.05) is 49.9 Å². The highest BCUT2D eigenvalue weighted by Crippen LogP contribution is 2.26. The highest BCUT2D eigenvalue weighted by Gasteiger charge is 2.21. The number of nitrogens with zero attached hydrogens (tertiary/aromatic N) is 1. The summed E-state index contributed by atoms with van der Waals surface area (Å²) in [4.78, 5) is 24.0. The molecule has 0 radical (unpaired) electrons. The van der Waals surface area contributed by atoms with Crippen LogP contribution in [0.15, 0.2) is 35.1 Å². The highest BCUT2D eigenvalue weighted by atomic mass is 35.5. The maximum Gasteiger partial charge on any atom is 0.341 e. The van der Waals surface area contributed by atoms with Gasteiger partial charge < -0.3 is 9.67 Å². The van der Waals surface area contributed by atoms with Crippen molar-refractivity contribution in [3.05, 3.63) is 56.8 Å². The molecule has 2 rings (SSSR count). The summed E-state index contributed by atoms with van der Waals surface area (Å²) in [7, 11) is 0. The Labute approximate surface area is 146 Å². The van der Waals surface area contributed by atoms with E-state index in [1.54, 1.807) is 24.3 Å². The van der Waals surface area contributed by atoms with Gasteiger partial charge in [-0.2, -0.15) is 0 Å². The summed E-state index contributed by atoms with van der Waals surface area (Å²) in [6.45, 7) is 4.65. The average Bonchev–Trinajstić information content (AvgIpc) is 2.52. The molecule has 2 aromatic rings. The zero-order chi connectivity index (χ0) is 17.7. The number of aromatic nitrogens is 1. The van der Waals surface area contributed by atoms with Crippen LogP contribution in [0.2, 0.25) is 5.02 Å². The molecule has 0 saturated carbocycles. The first-order valence-corrected chi connectivity index (χ1v) is 8.57. The third-order valence-corrected chi connectivity index (χ3v) is 4.30. The van der Waals surface area contributed by atoms with Crippen LogP contribution in [-0.4, -0.2) is 15.6 Å². The van der Waals surface area contributed by atoms with Gasteiger partial charge in [0.1, 0.15) is 5.56 Å². The Morgan fingerprint density at radius 3 is 2.58 bits per heavy atom. The molecule has 0 saturated heterocycles. The van der Waals surface area contributed by atoms with Gasteiger partial charge in [0.2, 0.25) is 0 Å². The van der Waals surface area contributed by atoms with Crippen LogP contribution >= 0.6 is 11.6 Å². The van der Waals surface area contributed by atoms with Crippen LogP contribution in [-0.2, 0) is 6.54 Å². The molecule has 128 valence electrons. The van der Waals surface area contributed by atoms with Crippen molar-refractivity contribution in [2.75, 3.05) is 0 Å². The van der Waals surface area contributed by atoms with Crippen LogP contribution in [0.5, 0.6) is 0 Å². The molecule has 0 unspecified atom stereocenters. The molecule has 0 aliphatic rings. The number of unbranched alkanes of at least 4 members (excludes halogenated alkanes) is 3. The van der Waals surface area contributed by atoms with Gasteiger partial charge in [-0.25, -0.2) is 4.79 Å². The van der Waals surface area contributed by atoms with Crippen molar-refractivity contribution in [3.8, 4) is 11.3 Å². The Morgan fingerprint density at radius 1 is 1.21 bits per heavy atom. The summed E-state index contributed by atoms with van der Waals surface area (Å²) >= 11 is 6.07. The average molecular weight is 348 g/mol. The van der Waals surface area contributed by atoms with Crippen molar-refractivity contribution >= 4 is 17.6 Å². The predicted octanol–water partition coefficient (Wildman–Crippen LogP) is 4.76. The first kappa shape index (κ1) is 18.3. The number of aromatic carboxylic acids is 1. The fourth-order valence-electron chi connectivity index (χ4n) is 2.90. The molecule has 0 fully saturated rings. The number of benzene rings is 1. The number of carbonyl (C=O) groups is 1. The van der Waals surface area contributed by atoms with Gasteiger partial charge in [0, 0.05) is 28.9 Å². The molecule has 0 amide bonds. The number of hydrogen-bond donors (Lipinski definition) is 1. The van der Waals surface area contributed by atoms with Crippen LogP contribution in [0.4, 0.5) is 0 Å². The molecule has 0 spiro atoms. The predicted molar refractivity (Wildman–Crippen MR) is 97.0 cm³/mol. The normalized spacial score (nSPS) is 10.8. The Bertz CT molecular complexity index is 796. The lowest BCUT2D eigenvalue weighted by atomic mass is 10.0. The van der Waals surface area contributed by atoms with Gasteiger partial charge in [-0.05, 0) is 25.5 Å². The molecule has 0 atom stereocenters. The van der Waals surface area contributed by atoms with Crippen LogP contribution in [0.1, 0.15) is 48.7 Å². The lowest BCUT2D eigenvalue weighted by molar-refractivity contribution is 0.0695. The van der Waals surface area contributed by atoms with E-state index >= 15 is 0 Å². The van der Waals surface area contributed by atoms with E-state index in [0.29, 0.717) is 22.8 Å². The van der Waals surface area contributed by atoms with Crippen LogP contribution in [0.3, 0.4) is 0 Å². The first-order valence-electron chi connectivity index (χ1n) is 8.19. The molecular weight excluding hydrogens is 326 g/mol. The second-order valence-corrected chi connectivity index (χ2v) is 6.34. The number of rotatable bonds is 7. The fraction of sp³-hybridized carbons (Fsp3) is 0.368. The summed E-state index contributed by atoms with van der Waals surface area (Å²) in [5.41, 5.74) is 1.18. The van der Waals surface area contributed by atoms with Gasteiger partial charge in [-0.15, -0.1) is 0 Å². The van der Waals surface area contributed by atoms with Gasteiger partial charge in [0.15, 0.2) is 5.43 Å². The van der Waals surface area contributed by atoms with E-state index in [9.17, 15) is 14.7 Å². The minimum atomic E-state index is -1.21. The van der Waals surface area contributed by atoms with Crippen molar-refractivity contribution in [2.45, 2.75) is 46.1 Å². The quantitative estimate of drug-likeness (QED) is 0.735. The maximum absolute atomic E-state index is 12.3. The SMILES string of the molecule is CCCCCCn1c(C)cc(=O)c(C(=O)O)c1-c1cccc(Cl)c1. The lowest BCUT2D eigenvalue weighted by Gasteiger charge is -2.19. The number of halogens is 1. The number of aryl methyl sites for hydroxylation is 1. The molecule has 4 nitrogen and oxygen atoms in total. The van der Waals surface area contributed by atoms with Crippen molar-refractivity contribution in [1.29, 1.82) is 0 Å². The van der Waals surface area contributed by atoms with E-state index < -0.39 is 11.4 Å². The molecule has 1 heterocycles. The molecule has 0 bridgehead atoms. The Hall–Kier alpha value is -2.07. The van der Waals surface area contributed by atoms with Gasteiger partial charge >= 0.3 is 5.97 Å². The molecule has 1 aromatic heterocycles. The van der Waals surface area contributed by atoms with Crippen molar-refractivity contribution in [3.63, 3.8) is 0 Å². The zero-order valence-electron chi connectivity index (χ0n) is 14.0. The monoisotopic (exact) mass is 347 g/mol. The van der Waals surface area contributed by atoms with Crippen LogP contribution in [0, 0.1) is 6.92 Å². The minimum Gasteiger partial charge on any atom is -0.477 e. The number of carboxylic acid groups (broad SMARTS) is 1. The number of hydrogen-bond acceptors (Lipinski definition) is 2. The Kier molecular flexibility index (Phi) is 6.21. The van der Waals surface area contributed by atoms with E-state index in [1.807, 2.05) is 11.5 Å². The maximum atomic E-state index is 12.3. The summed E-state index contributed by atoms with van der Waals surface area (Å²) in [6.07, 6.45) is 4.27. The third-order valence-electron chi connectivity index (χ3n) is 4.07. The van der Waals surface area contributed by atoms with E-state index in [1.165, 1.54) is 6.07 Å². The summed E-state index contributed by atoms with van der Waals surface area (Å²) < 4.78 is 1.92. The smallest absolute Gasteiger partial charge is 0.341 e. The van der Waals surface area contributed by atoms with E-state index in [0.717, 1.165) is 31.4 Å². The second kappa shape index (κ2) is 8.15. The van der Waals surface area contributed by atoms with E-state index in [4.69, 9.17) is 11.6 Å².